The molecule has 0 saturated carbocycles. The Morgan fingerprint density at radius 2 is 1.31 bits per heavy atom. The molecule has 0 amide bonds. The summed E-state index contributed by atoms with van der Waals surface area (Å²) in [6.45, 7) is 1.27. The van der Waals surface area contributed by atoms with Crippen molar-refractivity contribution >= 4 is 23.8 Å². The number of oxime groups is 1. The average molecular weight is 564 g/mol. The first-order chi connectivity index (χ1) is 18.2. The van der Waals surface area contributed by atoms with E-state index < -0.39 is 29.4 Å². The second kappa shape index (κ2) is 15.4. The molecule has 0 aliphatic rings. The molecule has 14 heteroatoms. The van der Waals surface area contributed by atoms with Crippen molar-refractivity contribution in [3.63, 3.8) is 0 Å². The zero-order valence-corrected chi connectivity index (χ0v) is 21.0. The van der Waals surface area contributed by atoms with Gasteiger partial charge in [-0.05, 0) is 49.4 Å². The van der Waals surface area contributed by atoms with E-state index in [0.29, 0.717) is 11.3 Å². The Hall–Kier alpha value is -4.04. The summed E-state index contributed by atoms with van der Waals surface area (Å²) in [4.78, 5) is 19.4. The fourth-order valence-corrected chi connectivity index (χ4v) is 2.70. The normalized spacial score (nSPS) is 12.3. The summed E-state index contributed by atoms with van der Waals surface area (Å²) in [5.41, 5.74) is -1.22. The average Bonchev–Trinajstić information content (AvgIpc) is 2.87. The highest BCUT2D eigenvalue weighted by molar-refractivity contribution is 6.34. The predicted octanol–water partition coefficient (Wildman–Crippen LogP) is 5.82. The molecule has 2 rings (SSSR count). The minimum atomic E-state index is -4.45. The number of carboxylic acids is 1. The van der Waals surface area contributed by atoms with Gasteiger partial charge in [0, 0.05) is 11.1 Å². The highest BCUT2D eigenvalue weighted by atomic mass is 19.4. The summed E-state index contributed by atoms with van der Waals surface area (Å²) in [6, 6.07) is 6.33. The van der Waals surface area contributed by atoms with Crippen LogP contribution < -0.4 is 15.4 Å². The second-order valence-electron chi connectivity index (χ2n) is 7.32. The number of nitrogens with two attached hydrogens (primary N) is 1. The summed E-state index contributed by atoms with van der Waals surface area (Å²) in [7, 11) is 2.73. The number of rotatable bonds is 10. The van der Waals surface area contributed by atoms with Crippen LogP contribution in [0.1, 0.15) is 29.2 Å². The van der Waals surface area contributed by atoms with Crippen LogP contribution in [0.5, 0.6) is 11.5 Å². The smallest absolute Gasteiger partial charge is 0.416 e. The first-order valence-electron chi connectivity index (χ1n) is 10.8. The molecular formula is C25H26F6N2O6. The number of halogens is 6. The molecule has 3 N–H and O–H groups in total. The van der Waals surface area contributed by atoms with Crippen molar-refractivity contribution in [3.8, 4) is 11.5 Å². The lowest BCUT2D eigenvalue weighted by Crippen LogP contribution is -2.08. The number of carboxylic acid groups (broad SMARTS) is 1. The van der Waals surface area contributed by atoms with E-state index >= 15 is 0 Å². The van der Waals surface area contributed by atoms with E-state index in [2.05, 4.69) is 9.99 Å². The lowest BCUT2D eigenvalue weighted by atomic mass is 10.1. The number of hydrogen-bond donors (Lipinski definition) is 2. The zero-order chi connectivity index (χ0) is 29.6. The van der Waals surface area contributed by atoms with E-state index in [-0.39, 0.29) is 30.2 Å². The maximum absolute atomic E-state index is 12.6. The minimum Gasteiger partial charge on any atom is -0.496 e. The third-order valence-electron chi connectivity index (χ3n) is 4.58. The molecule has 0 bridgehead atoms. The zero-order valence-electron chi connectivity index (χ0n) is 21.0. The van der Waals surface area contributed by atoms with E-state index in [0.717, 1.165) is 24.3 Å². The number of alkyl halides is 6. The number of ether oxygens (including phenoxy) is 2. The molecule has 0 saturated heterocycles. The van der Waals surface area contributed by atoms with Gasteiger partial charge in [0.25, 0.3) is 0 Å². The third kappa shape index (κ3) is 11.5. The number of aliphatic carboxylic acids is 1. The Morgan fingerprint density at radius 3 is 1.67 bits per heavy atom. The van der Waals surface area contributed by atoms with Crippen molar-refractivity contribution in [2.75, 3.05) is 27.4 Å². The van der Waals surface area contributed by atoms with Crippen molar-refractivity contribution in [1.82, 2.24) is 0 Å². The Bertz CT molecular complexity index is 1180. The van der Waals surface area contributed by atoms with Gasteiger partial charge in [-0.15, -0.1) is 0 Å². The van der Waals surface area contributed by atoms with Gasteiger partial charge in [-0.3, -0.25) is 0 Å². The molecule has 0 atom stereocenters. The molecule has 39 heavy (non-hydrogen) atoms. The van der Waals surface area contributed by atoms with E-state index in [9.17, 15) is 31.1 Å². The van der Waals surface area contributed by atoms with Crippen LogP contribution in [0.4, 0.5) is 26.3 Å². The summed E-state index contributed by atoms with van der Waals surface area (Å²) < 4.78 is 85.3. The molecule has 0 heterocycles. The van der Waals surface area contributed by atoms with Crippen LogP contribution in [0.15, 0.2) is 53.7 Å². The maximum atomic E-state index is 12.6. The fourth-order valence-electron chi connectivity index (χ4n) is 2.70. The molecule has 0 aromatic heterocycles. The molecule has 0 radical (unpaired) electrons. The Kier molecular flexibility index (Phi) is 13.0. The number of methoxy groups -OCH3 is 2. The number of benzene rings is 2. The van der Waals surface area contributed by atoms with Gasteiger partial charge in [0.15, 0.2) is 5.71 Å². The molecule has 0 unspecified atom stereocenters. The van der Waals surface area contributed by atoms with Crippen molar-refractivity contribution < 1.29 is 55.4 Å². The van der Waals surface area contributed by atoms with Gasteiger partial charge in [0.1, 0.15) is 18.1 Å². The summed E-state index contributed by atoms with van der Waals surface area (Å²) in [6.07, 6.45) is -3.09. The van der Waals surface area contributed by atoms with Crippen LogP contribution >= 0.6 is 0 Å². The first kappa shape index (κ1) is 33.0. The van der Waals surface area contributed by atoms with E-state index in [4.69, 9.17) is 25.3 Å². The van der Waals surface area contributed by atoms with Gasteiger partial charge >= 0.3 is 18.3 Å². The highest BCUT2D eigenvalue weighted by Gasteiger charge is 2.31. The minimum absolute atomic E-state index is 0.0932. The highest BCUT2D eigenvalue weighted by Crippen LogP contribution is 2.34. The summed E-state index contributed by atoms with van der Waals surface area (Å²) in [5, 5.41) is 11.8. The van der Waals surface area contributed by atoms with Gasteiger partial charge < -0.3 is 24.3 Å². The topological polar surface area (TPSA) is 113 Å². The maximum Gasteiger partial charge on any atom is 0.416 e. The van der Waals surface area contributed by atoms with Crippen molar-refractivity contribution in [2.24, 2.45) is 11.1 Å². The quantitative estimate of drug-likeness (QED) is 0.162. The Morgan fingerprint density at radius 1 is 0.872 bits per heavy atom. The summed E-state index contributed by atoms with van der Waals surface area (Å²) >= 11 is 0. The van der Waals surface area contributed by atoms with E-state index in [1.165, 1.54) is 57.6 Å². The SMILES string of the molecule is COc1ccc(C(F)(F)F)cc1C=CCON.COc1ccc(C(F)(F)F)cc1C=CCON=C(C)C(=O)O. The van der Waals surface area contributed by atoms with Crippen LogP contribution in [-0.4, -0.2) is 44.2 Å². The number of nitrogens with zero attached hydrogens (tertiary/aromatic N) is 1. The number of hydrogen-bond acceptors (Lipinski definition) is 7. The predicted molar refractivity (Wildman–Crippen MR) is 131 cm³/mol. The van der Waals surface area contributed by atoms with E-state index in [1.54, 1.807) is 0 Å². The largest absolute Gasteiger partial charge is 0.496 e. The molecule has 0 spiro atoms. The standard InChI is InChI=1S/C14H14F3NO4.C11H12F3NO2/c1-9(13(19)20)18-22-7-3-4-10-8-11(14(15,16)17)5-6-12(10)21-2;1-16-10-5-4-9(11(12,13)14)7-8(10)3-2-6-17-15/h3-6,8H,7H2,1-2H3,(H,19,20);2-5,7H,6,15H2,1H3. The molecule has 2 aromatic carbocycles. The first-order valence-corrected chi connectivity index (χ1v) is 10.8. The van der Waals surface area contributed by atoms with Gasteiger partial charge in [-0.25, -0.2) is 10.7 Å². The molecule has 2 aromatic rings. The molecule has 0 aliphatic carbocycles. The lowest BCUT2D eigenvalue weighted by Gasteiger charge is -2.10. The fraction of sp³-hybridized carbons (Fsp3) is 0.280. The third-order valence-corrected chi connectivity index (χ3v) is 4.58. The van der Waals surface area contributed by atoms with Gasteiger partial charge in [-0.1, -0.05) is 23.4 Å². The Labute approximate surface area is 219 Å². The van der Waals surface area contributed by atoms with Crippen molar-refractivity contribution in [3.05, 3.63) is 70.8 Å². The van der Waals surface area contributed by atoms with Gasteiger partial charge in [0.2, 0.25) is 0 Å². The molecule has 8 nitrogen and oxygen atoms in total. The van der Waals surface area contributed by atoms with Crippen molar-refractivity contribution in [1.29, 1.82) is 0 Å². The lowest BCUT2D eigenvalue weighted by molar-refractivity contribution is -0.138. The van der Waals surface area contributed by atoms with E-state index in [1.807, 2.05) is 0 Å². The molecule has 0 fully saturated rings. The number of carbonyl (C=O) groups is 1. The monoisotopic (exact) mass is 564 g/mol. The van der Waals surface area contributed by atoms with Crippen LogP contribution in [0.3, 0.4) is 0 Å². The van der Waals surface area contributed by atoms with Gasteiger partial charge in [0.05, 0.1) is 32.0 Å². The van der Waals surface area contributed by atoms with Crippen molar-refractivity contribution in [2.45, 2.75) is 19.3 Å². The van der Waals surface area contributed by atoms with Crippen LogP contribution in [0, 0.1) is 0 Å². The summed E-state index contributed by atoms with van der Waals surface area (Å²) in [5.74, 6) is 4.21. The molecular weight excluding hydrogens is 538 g/mol. The van der Waals surface area contributed by atoms with Gasteiger partial charge in [-0.2, -0.15) is 26.3 Å². The molecule has 0 aliphatic heterocycles. The van der Waals surface area contributed by atoms with Crippen LogP contribution in [-0.2, 0) is 26.8 Å². The second-order valence-corrected chi connectivity index (χ2v) is 7.32. The Balaban J connectivity index is 0.000000403. The molecule has 214 valence electrons. The van der Waals surface area contributed by atoms with Crippen LogP contribution in [0.2, 0.25) is 0 Å². The van der Waals surface area contributed by atoms with Crippen LogP contribution in [0.25, 0.3) is 12.2 Å².